The van der Waals surface area contributed by atoms with Gasteiger partial charge in [-0.1, -0.05) is 0 Å². The molecule has 1 aromatic rings. The highest BCUT2D eigenvalue weighted by Crippen LogP contribution is 2.17. The minimum Gasteiger partial charge on any atom is -0.447 e. The first-order chi connectivity index (χ1) is 5.33. The van der Waals surface area contributed by atoms with Gasteiger partial charge < -0.3 is 4.42 Å². The molecule has 0 bridgehead atoms. The molecule has 0 saturated carbocycles. The Morgan fingerprint density at radius 1 is 1.73 bits per heavy atom. The summed E-state index contributed by atoms with van der Waals surface area (Å²) in [6.07, 6.45) is 1.64. The Morgan fingerprint density at radius 3 is 3.27 bits per heavy atom. The van der Waals surface area contributed by atoms with E-state index in [0.717, 1.165) is 0 Å². The molecule has 0 aliphatic heterocycles. The van der Waals surface area contributed by atoms with Crippen LogP contribution in [0, 0.1) is 0 Å². The molecule has 1 heterocycles. The van der Waals surface area contributed by atoms with E-state index in [1.54, 1.807) is 7.05 Å². The standard InChI is InChI=1S/C7H6N2O2/c1-8-6-4(10)2-5-7(6)9-3-11-5/h3H,2H2,1H3. The van der Waals surface area contributed by atoms with E-state index in [1.165, 1.54) is 6.39 Å². The molecule has 0 aromatic carbocycles. The third-order valence-electron chi connectivity index (χ3n) is 1.67. The van der Waals surface area contributed by atoms with Crippen molar-refractivity contribution in [3.05, 3.63) is 17.8 Å². The minimum atomic E-state index is -0.00523. The topological polar surface area (TPSA) is 55.5 Å². The van der Waals surface area contributed by atoms with E-state index in [9.17, 15) is 4.79 Å². The molecule has 56 valence electrons. The molecule has 1 aliphatic rings. The molecule has 0 atom stereocenters. The van der Waals surface area contributed by atoms with Crippen LogP contribution in [0.4, 0.5) is 0 Å². The Kier molecular flexibility index (Phi) is 1.15. The molecule has 4 nitrogen and oxygen atoms in total. The van der Waals surface area contributed by atoms with E-state index in [2.05, 4.69) is 9.98 Å². The summed E-state index contributed by atoms with van der Waals surface area (Å²) in [5.41, 5.74) is 1.05. The number of carbonyl (C=O) groups is 1. The van der Waals surface area contributed by atoms with Crippen LogP contribution >= 0.6 is 0 Å². The van der Waals surface area contributed by atoms with Gasteiger partial charge in [-0.3, -0.25) is 9.79 Å². The molecule has 0 N–H and O–H groups in total. The number of nitrogens with zero attached hydrogens (tertiary/aromatic N) is 2. The van der Waals surface area contributed by atoms with E-state index < -0.39 is 0 Å². The molecule has 0 unspecified atom stereocenters. The monoisotopic (exact) mass is 150 g/mol. The maximum absolute atomic E-state index is 11.1. The van der Waals surface area contributed by atoms with Crippen LogP contribution in [-0.4, -0.2) is 23.5 Å². The van der Waals surface area contributed by atoms with Crippen LogP contribution in [0.15, 0.2) is 15.8 Å². The molecule has 0 fully saturated rings. The van der Waals surface area contributed by atoms with Gasteiger partial charge in [-0.05, 0) is 0 Å². The van der Waals surface area contributed by atoms with Gasteiger partial charge in [-0.2, -0.15) is 0 Å². The summed E-state index contributed by atoms with van der Waals surface area (Å²) in [7, 11) is 1.58. The molecule has 0 spiro atoms. The fourth-order valence-corrected chi connectivity index (χ4v) is 1.18. The maximum atomic E-state index is 11.1. The molecular formula is C7H6N2O2. The fourth-order valence-electron chi connectivity index (χ4n) is 1.18. The lowest BCUT2D eigenvalue weighted by atomic mass is 10.3. The molecule has 0 radical (unpaired) electrons. The van der Waals surface area contributed by atoms with Gasteiger partial charge in [-0.25, -0.2) is 4.98 Å². The third kappa shape index (κ3) is 0.721. The Hall–Kier alpha value is -1.45. The summed E-state index contributed by atoms with van der Waals surface area (Å²) in [5.74, 6) is 0.630. The molecule has 4 heteroatoms. The largest absolute Gasteiger partial charge is 0.447 e. The first-order valence-corrected chi connectivity index (χ1v) is 3.25. The zero-order chi connectivity index (χ0) is 7.84. The van der Waals surface area contributed by atoms with Gasteiger partial charge in [0.2, 0.25) is 0 Å². The van der Waals surface area contributed by atoms with Crippen molar-refractivity contribution in [1.82, 2.24) is 4.98 Å². The van der Waals surface area contributed by atoms with Crippen molar-refractivity contribution in [2.24, 2.45) is 4.99 Å². The quantitative estimate of drug-likeness (QED) is 0.531. The predicted octanol–water partition coefficient (Wildman–Crippen LogP) is 0.219. The van der Waals surface area contributed by atoms with E-state index >= 15 is 0 Å². The average Bonchev–Trinajstić information content (AvgIpc) is 2.46. The summed E-state index contributed by atoms with van der Waals surface area (Å²) >= 11 is 0. The summed E-state index contributed by atoms with van der Waals surface area (Å²) in [4.78, 5) is 18.8. The van der Waals surface area contributed by atoms with Crippen molar-refractivity contribution < 1.29 is 9.21 Å². The van der Waals surface area contributed by atoms with Crippen LogP contribution in [0.25, 0.3) is 0 Å². The van der Waals surface area contributed by atoms with Crippen molar-refractivity contribution in [3.63, 3.8) is 0 Å². The Bertz CT molecular complexity index is 338. The molecule has 0 saturated heterocycles. The summed E-state index contributed by atoms with van der Waals surface area (Å²) < 4.78 is 4.97. The first kappa shape index (κ1) is 6.27. The highest BCUT2D eigenvalue weighted by atomic mass is 16.3. The first-order valence-electron chi connectivity index (χ1n) is 3.25. The number of fused-ring (bicyclic) bond motifs is 1. The summed E-state index contributed by atoms with van der Waals surface area (Å²) in [6, 6.07) is 0. The lowest BCUT2D eigenvalue weighted by Gasteiger charge is -1.86. The Balaban J connectivity index is 2.60. The van der Waals surface area contributed by atoms with Crippen molar-refractivity contribution in [1.29, 1.82) is 0 Å². The lowest BCUT2D eigenvalue weighted by Crippen LogP contribution is -2.08. The second kappa shape index (κ2) is 2.02. The van der Waals surface area contributed by atoms with Gasteiger partial charge in [0.05, 0.1) is 6.42 Å². The SMILES string of the molecule is CN=C1C(=O)Cc2ocnc21. The molecular weight excluding hydrogens is 144 g/mol. The number of oxazole rings is 1. The van der Waals surface area contributed by atoms with Crippen molar-refractivity contribution in [2.75, 3.05) is 7.05 Å². The number of ketones is 1. The normalized spacial score (nSPS) is 19.4. The molecule has 11 heavy (non-hydrogen) atoms. The highest BCUT2D eigenvalue weighted by Gasteiger charge is 2.29. The number of hydrogen-bond donors (Lipinski definition) is 0. The number of aliphatic imine (C=N–C) groups is 1. The maximum Gasteiger partial charge on any atom is 0.190 e. The van der Waals surface area contributed by atoms with Crippen molar-refractivity contribution >= 4 is 11.5 Å². The number of rotatable bonds is 0. The lowest BCUT2D eigenvalue weighted by molar-refractivity contribution is -0.112. The van der Waals surface area contributed by atoms with Crippen LogP contribution in [0.1, 0.15) is 11.5 Å². The Morgan fingerprint density at radius 2 is 2.55 bits per heavy atom. The van der Waals surface area contributed by atoms with E-state index in [0.29, 0.717) is 23.6 Å². The zero-order valence-corrected chi connectivity index (χ0v) is 6.00. The number of aromatic nitrogens is 1. The number of Topliss-reactive ketones (excluding diaryl/α,β-unsaturated/α-hetero) is 1. The van der Waals surface area contributed by atoms with Gasteiger partial charge in [0.15, 0.2) is 12.2 Å². The van der Waals surface area contributed by atoms with Crippen LogP contribution in [0.3, 0.4) is 0 Å². The fraction of sp³-hybridized carbons (Fsp3) is 0.286. The molecule has 1 aliphatic carbocycles. The number of carbonyl (C=O) groups excluding carboxylic acids is 1. The summed E-state index contributed by atoms with van der Waals surface area (Å²) in [5, 5.41) is 0. The average molecular weight is 150 g/mol. The minimum absolute atomic E-state index is 0.00523. The van der Waals surface area contributed by atoms with E-state index in [4.69, 9.17) is 4.42 Å². The van der Waals surface area contributed by atoms with Crippen LogP contribution in [-0.2, 0) is 11.2 Å². The molecule has 0 amide bonds. The van der Waals surface area contributed by atoms with Crippen LogP contribution in [0.2, 0.25) is 0 Å². The highest BCUT2D eigenvalue weighted by molar-refractivity contribution is 6.48. The molecule has 2 rings (SSSR count). The van der Waals surface area contributed by atoms with Crippen LogP contribution in [0.5, 0.6) is 0 Å². The Labute approximate surface area is 63.0 Å². The smallest absolute Gasteiger partial charge is 0.190 e. The van der Waals surface area contributed by atoms with Crippen molar-refractivity contribution in [2.45, 2.75) is 6.42 Å². The predicted molar refractivity (Wildman–Crippen MR) is 37.7 cm³/mol. The van der Waals surface area contributed by atoms with Crippen LogP contribution < -0.4 is 0 Å². The van der Waals surface area contributed by atoms with Gasteiger partial charge in [-0.15, -0.1) is 0 Å². The van der Waals surface area contributed by atoms with Crippen molar-refractivity contribution in [3.8, 4) is 0 Å². The molecule has 1 aromatic heterocycles. The second-order valence-corrected chi connectivity index (χ2v) is 2.30. The van der Waals surface area contributed by atoms with Gasteiger partial charge in [0.25, 0.3) is 0 Å². The van der Waals surface area contributed by atoms with Gasteiger partial charge >= 0.3 is 0 Å². The van der Waals surface area contributed by atoms with E-state index in [-0.39, 0.29) is 5.78 Å². The van der Waals surface area contributed by atoms with E-state index in [1.807, 2.05) is 0 Å². The second-order valence-electron chi connectivity index (χ2n) is 2.30. The third-order valence-corrected chi connectivity index (χ3v) is 1.67. The van der Waals surface area contributed by atoms with Gasteiger partial charge in [0.1, 0.15) is 17.2 Å². The van der Waals surface area contributed by atoms with Gasteiger partial charge in [0, 0.05) is 7.05 Å². The summed E-state index contributed by atoms with van der Waals surface area (Å²) in [6.45, 7) is 0. The number of hydrogen-bond acceptors (Lipinski definition) is 4. The zero-order valence-electron chi connectivity index (χ0n) is 6.00.